The zero-order valence-corrected chi connectivity index (χ0v) is 6.01. The minimum absolute atomic E-state index is 0.644. The van der Waals surface area contributed by atoms with Crippen LogP contribution in [0.4, 0.5) is 0 Å². The summed E-state index contributed by atoms with van der Waals surface area (Å²) in [5.74, 6) is 1.71. The quantitative estimate of drug-likeness (QED) is 0.318. The molecule has 0 aliphatic heterocycles. The van der Waals surface area contributed by atoms with Gasteiger partial charge in [-0.1, -0.05) is 6.42 Å². The monoisotopic (exact) mass is 140 g/mol. The van der Waals surface area contributed by atoms with Crippen LogP contribution in [0.25, 0.3) is 0 Å². The van der Waals surface area contributed by atoms with Gasteiger partial charge in [0.25, 0.3) is 0 Å². The van der Waals surface area contributed by atoms with Crippen molar-refractivity contribution in [3.8, 4) is 0 Å². The second-order valence-electron chi connectivity index (χ2n) is 2.13. The highest BCUT2D eigenvalue weighted by atomic mass is 16.1. The van der Waals surface area contributed by atoms with Crippen LogP contribution in [0.15, 0.2) is 6.08 Å². The van der Waals surface area contributed by atoms with Crippen LogP contribution in [0, 0.1) is 0 Å². The fraction of sp³-hybridized carbons (Fsp3) is 0.625. The fourth-order valence-electron chi connectivity index (χ4n) is 0.710. The van der Waals surface area contributed by atoms with Gasteiger partial charge in [-0.15, -0.1) is 0 Å². The lowest BCUT2D eigenvalue weighted by Gasteiger charge is -1.90. The van der Waals surface area contributed by atoms with Gasteiger partial charge < -0.3 is 4.79 Å². The molecule has 2 nitrogen and oxygen atoms in total. The molecule has 0 atom stereocenters. The minimum Gasteiger partial charge on any atom is -0.303 e. The van der Waals surface area contributed by atoms with Gasteiger partial charge in [0, 0.05) is 6.42 Å². The molecule has 0 rings (SSSR count). The summed E-state index contributed by atoms with van der Waals surface area (Å²) in [4.78, 5) is 19.5. The van der Waals surface area contributed by atoms with Crippen molar-refractivity contribution >= 4 is 12.2 Å². The standard InChI is InChI=1S/C8H12O2/c9-7-5-3-1-2-4-6-8-10/h5,8H,1-4,6H2. The highest BCUT2D eigenvalue weighted by Gasteiger charge is 1.85. The number of carbonyl (C=O) groups is 1. The van der Waals surface area contributed by atoms with Gasteiger partial charge in [-0.3, -0.25) is 0 Å². The third-order valence-corrected chi connectivity index (χ3v) is 1.25. The highest BCUT2D eigenvalue weighted by Crippen LogP contribution is 2.00. The fourth-order valence-corrected chi connectivity index (χ4v) is 0.710. The van der Waals surface area contributed by atoms with Crippen molar-refractivity contribution < 1.29 is 9.59 Å². The van der Waals surface area contributed by atoms with Crippen LogP contribution in [0.2, 0.25) is 0 Å². The molecule has 0 aromatic heterocycles. The van der Waals surface area contributed by atoms with Gasteiger partial charge in [0.1, 0.15) is 12.2 Å². The lowest BCUT2D eigenvalue weighted by atomic mass is 10.1. The normalized spacial score (nSPS) is 8.40. The van der Waals surface area contributed by atoms with Crippen molar-refractivity contribution in [2.45, 2.75) is 32.1 Å². The molecule has 0 spiro atoms. The predicted molar refractivity (Wildman–Crippen MR) is 39.4 cm³/mol. The summed E-state index contributed by atoms with van der Waals surface area (Å²) in [7, 11) is 0. The Morgan fingerprint density at radius 1 is 1.10 bits per heavy atom. The first kappa shape index (κ1) is 9.12. The summed E-state index contributed by atoms with van der Waals surface area (Å²) < 4.78 is 0. The van der Waals surface area contributed by atoms with Crippen LogP contribution in [0.3, 0.4) is 0 Å². The van der Waals surface area contributed by atoms with E-state index in [1.54, 1.807) is 5.94 Å². The van der Waals surface area contributed by atoms with E-state index >= 15 is 0 Å². The van der Waals surface area contributed by atoms with Gasteiger partial charge in [0.2, 0.25) is 0 Å². The van der Waals surface area contributed by atoms with Gasteiger partial charge in [-0.25, -0.2) is 4.79 Å². The van der Waals surface area contributed by atoms with Gasteiger partial charge in [-0.05, 0) is 25.3 Å². The number of rotatable bonds is 6. The largest absolute Gasteiger partial charge is 0.303 e. The first-order chi connectivity index (χ1) is 4.91. The molecule has 0 saturated heterocycles. The van der Waals surface area contributed by atoms with Crippen molar-refractivity contribution in [1.29, 1.82) is 0 Å². The van der Waals surface area contributed by atoms with E-state index in [1.807, 2.05) is 0 Å². The van der Waals surface area contributed by atoms with Crippen LogP contribution in [-0.4, -0.2) is 12.2 Å². The van der Waals surface area contributed by atoms with Gasteiger partial charge in [0.15, 0.2) is 0 Å². The second-order valence-corrected chi connectivity index (χ2v) is 2.13. The van der Waals surface area contributed by atoms with Gasteiger partial charge >= 0.3 is 0 Å². The SMILES string of the molecule is O=C=CCCCCCC=O. The number of allylic oxidation sites excluding steroid dienone is 1. The van der Waals surface area contributed by atoms with E-state index < -0.39 is 0 Å². The molecule has 0 aliphatic carbocycles. The van der Waals surface area contributed by atoms with Crippen LogP contribution in [0.1, 0.15) is 32.1 Å². The zero-order chi connectivity index (χ0) is 7.66. The maximum absolute atomic E-state index is 9.82. The van der Waals surface area contributed by atoms with Crippen LogP contribution in [0.5, 0.6) is 0 Å². The molecule has 0 fully saturated rings. The molecule has 0 heterocycles. The maximum atomic E-state index is 9.82. The summed E-state index contributed by atoms with van der Waals surface area (Å²) in [5, 5.41) is 0. The first-order valence-electron chi connectivity index (χ1n) is 3.54. The number of unbranched alkanes of at least 4 members (excludes halogenated alkanes) is 4. The van der Waals surface area contributed by atoms with E-state index in [2.05, 4.69) is 0 Å². The Bertz CT molecular complexity index is 123. The van der Waals surface area contributed by atoms with Crippen molar-refractivity contribution in [2.24, 2.45) is 0 Å². The Morgan fingerprint density at radius 3 is 2.40 bits per heavy atom. The minimum atomic E-state index is 0.644. The average molecular weight is 140 g/mol. The van der Waals surface area contributed by atoms with Crippen LogP contribution >= 0.6 is 0 Å². The Balaban J connectivity index is 2.90. The molecule has 2 heteroatoms. The Morgan fingerprint density at radius 2 is 1.80 bits per heavy atom. The molecule has 0 aliphatic rings. The molecule has 0 bridgehead atoms. The van der Waals surface area contributed by atoms with Crippen LogP contribution in [-0.2, 0) is 9.59 Å². The van der Waals surface area contributed by atoms with Crippen LogP contribution < -0.4 is 0 Å². The second kappa shape index (κ2) is 8.12. The van der Waals surface area contributed by atoms with Gasteiger partial charge in [-0.2, -0.15) is 0 Å². The van der Waals surface area contributed by atoms with Crippen molar-refractivity contribution in [1.82, 2.24) is 0 Å². The van der Waals surface area contributed by atoms with E-state index in [4.69, 9.17) is 0 Å². The summed E-state index contributed by atoms with van der Waals surface area (Å²) in [6, 6.07) is 0. The number of carbonyl (C=O) groups excluding carboxylic acids is 2. The Labute approximate surface area is 60.9 Å². The zero-order valence-electron chi connectivity index (χ0n) is 6.01. The smallest absolute Gasteiger partial charge is 0.120 e. The summed E-state index contributed by atoms with van der Waals surface area (Å²) >= 11 is 0. The predicted octanol–water partition coefficient (Wildman–Crippen LogP) is 1.52. The van der Waals surface area contributed by atoms with Crippen molar-refractivity contribution in [3.63, 3.8) is 0 Å². The molecule has 10 heavy (non-hydrogen) atoms. The number of aldehydes is 1. The van der Waals surface area contributed by atoms with Gasteiger partial charge in [0.05, 0.1) is 0 Å². The Kier molecular flexibility index (Phi) is 7.41. The summed E-state index contributed by atoms with van der Waals surface area (Å²) in [6.45, 7) is 0. The van der Waals surface area contributed by atoms with Crippen molar-refractivity contribution in [3.05, 3.63) is 6.08 Å². The molecule has 0 unspecified atom stereocenters. The topological polar surface area (TPSA) is 34.1 Å². The maximum Gasteiger partial charge on any atom is 0.120 e. The molecule has 56 valence electrons. The average Bonchev–Trinajstić information content (AvgIpc) is 1.97. The summed E-state index contributed by atoms with van der Waals surface area (Å²) in [6.07, 6.45) is 6.81. The van der Waals surface area contributed by atoms with E-state index in [1.165, 1.54) is 6.08 Å². The lowest BCUT2D eigenvalue weighted by Crippen LogP contribution is -1.77. The third-order valence-electron chi connectivity index (χ3n) is 1.25. The summed E-state index contributed by atoms with van der Waals surface area (Å²) in [5.41, 5.74) is 0. The van der Waals surface area contributed by atoms with Crippen molar-refractivity contribution in [2.75, 3.05) is 0 Å². The molecular weight excluding hydrogens is 128 g/mol. The molecular formula is C8H12O2. The third kappa shape index (κ3) is 7.12. The molecule has 0 aromatic rings. The van der Waals surface area contributed by atoms with E-state index in [9.17, 15) is 9.59 Å². The number of hydrogen-bond acceptors (Lipinski definition) is 2. The molecule has 0 amide bonds. The van der Waals surface area contributed by atoms with E-state index in [0.29, 0.717) is 6.42 Å². The number of hydrogen-bond donors (Lipinski definition) is 0. The lowest BCUT2D eigenvalue weighted by molar-refractivity contribution is -0.107. The molecule has 0 radical (unpaired) electrons. The first-order valence-corrected chi connectivity index (χ1v) is 3.54. The van der Waals surface area contributed by atoms with E-state index in [-0.39, 0.29) is 0 Å². The molecule has 0 N–H and O–H groups in total. The Hall–Kier alpha value is -0.880. The highest BCUT2D eigenvalue weighted by molar-refractivity contribution is 5.48. The molecule has 0 saturated carbocycles. The molecule has 0 aromatic carbocycles. The van der Waals surface area contributed by atoms with E-state index in [0.717, 1.165) is 32.0 Å².